The summed E-state index contributed by atoms with van der Waals surface area (Å²) in [6.07, 6.45) is 6.50. The Hall–Kier alpha value is -4.21. The number of amides is 1. The summed E-state index contributed by atoms with van der Waals surface area (Å²) < 4.78 is 3.84. The highest BCUT2D eigenvalue weighted by Gasteiger charge is 2.30. The molecule has 2 aliphatic rings. The molecule has 2 fully saturated rings. The predicted molar refractivity (Wildman–Crippen MR) is 168 cm³/mol. The molecule has 0 spiro atoms. The van der Waals surface area contributed by atoms with Crippen LogP contribution in [0.4, 0.5) is 11.5 Å². The number of benzene rings is 2. The topological polar surface area (TPSA) is 97.2 Å². The van der Waals surface area contributed by atoms with E-state index >= 15 is 0 Å². The zero-order valence-electron chi connectivity index (χ0n) is 24.3. The maximum atomic E-state index is 13.1. The van der Waals surface area contributed by atoms with Gasteiger partial charge in [0, 0.05) is 47.2 Å². The van der Waals surface area contributed by atoms with Crippen LogP contribution in [-0.4, -0.2) is 74.3 Å². The van der Waals surface area contributed by atoms with E-state index in [1.54, 1.807) is 6.20 Å². The van der Waals surface area contributed by atoms with Crippen LogP contribution in [0.3, 0.4) is 0 Å². The minimum atomic E-state index is -0.145. The van der Waals surface area contributed by atoms with Crippen molar-refractivity contribution in [3.05, 3.63) is 78.2 Å². The van der Waals surface area contributed by atoms with E-state index in [9.17, 15) is 4.79 Å². The Kier molecular flexibility index (Phi) is 6.91. The van der Waals surface area contributed by atoms with Crippen molar-refractivity contribution in [3.63, 3.8) is 0 Å². The minimum Gasteiger partial charge on any atom is -0.382 e. The highest BCUT2D eigenvalue weighted by atomic mass is 16.1. The Bertz CT molecular complexity index is 1740. The highest BCUT2D eigenvalue weighted by molar-refractivity contribution is 6.06. The average molecular weight is 563 g/mol. The number of nitrogen functional groups attached to an aromatic ring is 1. The first-order valence-corrected chi connectivity index (χ1v) is 15.0. The minimum absolute atomic E-state index is 0.145. The molecule has 42 heavy (non-hydrogen) atoms. The molecular formula is C33H38N8O. The Balaban J connectivity index is 1.11. The number of anilines is 2. The van der Waals surface area contributed by atoms with E-state index in [0.29, 0.717) is 23.5 Å². The Labute approximate surface area is 245 Å². The first-order chi connectivity index (χ1) is 20.5. The van der Waals surface area contributed by atoms with Crippen LogP contribution < -0.4 is 11.1 Å². The first-order valence-electron chi connectivity index (χ1n) is 15.0. The number of likely N-dealkylation sites (tertiary alicyclic amines) is 2. The molecule has 2 aromatic carbocycles. The van der Waals surface area contributed by atoms with Gasteiger partial charge in [0.05, 0.1) is 11.4 Å². The van der Waals surface area contributed by atoms with Crippen molar-refractivity contribution in [2.24, 2.45) is 7.05 Å². The molecule has 3 N–H and O–H groups in total. The number of para-hydroxylation sites is 1. The maximum absolute atomic E-state index is 13.1. The second-order valence-electron chi connectivity index (χ2n) is 11.9. The SMILES string of the molecule is CN1CCC(N2CCC(c3nn(-c4ccc(NC(=O)c5cc6ccccc6n5C)cc4)c4c(N)nccc34)CC2)CC1. The van der Waals surface area contributed by atoms with Gasteiger partial charge in [0.1, 0.15) is 17.0 Å². The standard InChI is InChI=1S/C33H38N8O/c1-38-17-14-25(15-18-38)40-19-12-22(13-20-40)30-27-11-16-35-32(34)31(27)41(37-30)26-9-7-24(8-10-26)36-33(42)29-21-23-5-3-4-6-28(23)39(29)2/h3-11,16,21-22,25H,12-15,17-20H2,1-2H3,(H2,34,35)(H,36,42). The van der Waals surface area contributed by atoms with Crippen LogP contribution in [0.5, 0.6) is 0 Å². The Morgan fingerprint density at radius 1 is 0.929 bits per heavy atom. The predicted octanol–water partition coefficient (Wildman–Crippen LogP) is 5.02. The number of aromatic nitrogens is 4. The lowest BCUT2D eigenvalue weighted by atomic mass is 9.90. The van der Waals surface area contributed by atoms with E-state index in [2.05, 4.69) is 27.1 Å². The molecule has 0 unspecified atom stereocenters. The number of carbonyl (C=O) groups is 1. The van der Waals surface area contributed by atoms with Gasteiger partial charge in [-0.2, -0.15) is 5.10 Å². The van der Waals surface area contributed by atoms with Crippen LogP contribution >= 0.6 is 0 Å². The van der Waals surface area contributed by atoms with Crippen molar-refractivity contribution in [1.82, 2.24) is 29.1 Å². The molecule has 0 saturated carbocycles. The summed E-state index contributed by atoms with van der Waals surface area (Å²) in [6, 6.07) is 20.4. The molecule has 7 rings (SSSR count). The van der Waals surface area contributed by atoms with Gasteiger partial charge in [-0.1, -0.05) is 18.2 Å². The van der Waals surface area contributed by atoms with Crippen molar-refractivity contribution in [2.45, 2.75) is 37.6 Å². The fraction of sp³-hybridized carbons (Fsp3) is 0.364. The van der Waals surface area contributed by atoms with E-state index in [4.69, 9.17) is 10.8 Å². The molecule has 216 valence electrons. The van der Waals surface area contributed by atoms with Gasteiger partial charge in [0.2, 0.25) is 0 Å². The molecule has 1 amide bonds. The fourth-order valence-electron chi connectivity index (χ4n) is 6.89. The smallest absolute Gasteiger partial charge is 0.272 e. The van der Waals surface area contributed by atoms with E-state index < -0.39 is 0 Å². The summed E-state index contributed by atoms with van der Waals surface area (Å²) in [7, 11) is 4.14. The lowest BCUT2D eigenvalue weighted by Crippen LogP contribution is -2.46. The number of nitrogens with one attached hydrogen (secondary N) is 1. The fourth-order valence-corrected chi connectivity index (χ4v) is 6.89. The molecule has 0 aliphatic carbocycles. The molecule has 9 nitrogen and oxygen atoms in total. The van der Waals surface area contributed by atoms with Crippen LogP contribution in [-0.2, 0) is 7.05 Å². The zero-order chi connectivity index (χ0) is 28.8. The third kappa shape index (κ3) is 4.82. The molecule has 5 aromatic rings. The van der Waals surface area contributed by atoms with E-state index in [0.717, 1.165) is 64.8 Å². The number of aryl methyl sites for hydroxylation is 1. The van der Waals surface area contributed by atoms with Crippen LogP contribution in [0, 0.1) is 0 Å². The molecule has 9 heteroatoms. The lowest BCUT2D eigenvalue weighted by molar-refractivity contribution is 0.0963. The zero-order valence-corrected chi connectivity index (χ0v) is 24.3. The number of nitrogens with two attached hydrogens (primary N) is 1. The molecule has 2 aliphatic heterocycles. The monoisotopic (exact) mass is 562 g/mol. The quantitative estimate of drug-likeness (QED) is 0.312. The van der Waals surface area contributed by atoms with Gasteiger partial charge in [0.25, 0.3) is 5.91 Å². The van der Waals surface area contributed by atoms with E-state index in [1.165, 1.54) is 25.9 Å². The number of nitrogens with zero attached hydrogens (tertiary/aromatic N) is 6. The maximum Gasteiger partial charge on any atom is 0.272 e. The van der Waals surface area contributed by atoms with Crippen LogP contribution in [0.15, 0.2) is 66.9 Å². The first kappa shape index (κ1) is 26.7. The lowest BCUT2D eigenvalue weighted by Gasteiger charge is -2.40. The molecule has 3 aromatic heterocycles. The molecule has 5 heterocycles. The van der Waals surface area contributed by atoms with E-state index in [1.807, 2.05) is 77.0 Å². The third-order valence-electron chi connectivity index (χ3n) is 9.32. The van der Waals surface area contributed by atoms with Crippen molar-refractivity contribution in [2.75, 3.05) is 44.3 Å². The number of hydrogen-bond donors (Lipinski definition) is 2. The summed E-state index contributed by atoms with van der Waals surface area (Å²) >= 11 is 0. The van der Waals surface area contributed by atoms with Gasteiger partial charge in [-0.3, -0.25) is 4.79 Å². The largest absolute Gasteiger partial charge is 0.382 e. The van der Waals surface area contributed by atoms with E-state index in [-0.39, 0.29) is 5.91 Å². The second kappa shape index (κ2) is 10.9. The van der Waals surface area contributed by atoms with Gasteiger partial charge >= 0.3 is 0 Å². The third-order valence-corrected chi connectivity index (χ3v) is 9.32. The molecule has 0 bridgehead atoms. The Morgan fingerprint density at radius 2 is 1.67 bits per heavy atom. The van der Waals surface area contributed by atoms with Gasteiger partial charge < -0.3 is 25.4 Å². The second-order valence-corrected chi connectivity index (χ2v) is 11.9. The van der Waals surface area contributed by atoms with Gasteiger partial charge in [-0.25, -0.2) is 9.67 Å². The van der Waals surface area contributed by atoms with Gasteiger partial charge in [0.15, 0.2) is 0 Å². The molecule has 0 atom stereocenters. The average Bonchev–Trinajstić information content (AvgIpc) is 3.57. The number of carbonyl (C=O) groups excluding carboxylic acids is 1. The molecule has 2 saturated heterocycles. The molecule has 0 radical (unpaired) electrons. The number of piperidine rings is 2. The van der Waals surface area contributed by atoms with Crippen molar-refractivity contribution >= 4 is 39.2 Å². The van der Waals surface area contributed by atoms with Crippen LogP contribution in [0.25, 0.3) is 27.5 Å². The van der Waals surface area contributed by atoms with Crippen LogP contribution in [0.2, 0.25) is 0 Å². The summed E-state index contributed by atoms with van der Waals surface area (Å²) in [5.74, 6) is 0.717. The Morgan fingerprint density at radius 3 is 2.40 bits per heavy atom. The van der Waals surface area contributed by atoms with Crippen molar-refractivity contribution < 1.29 is 4.79 Å². The summed E-state index contributed by atoms with van der Waals surface area (Å²) in [5, 5.41) is 10.3. The van der Waals surface area contributed by atoms with Gasteiger partial charge in [-0.15, -0.1) is 0 Å². The number of fused-ring (bicyclic) bond motifs is 2. The van der Waals surface area contributed by atoms with Crippen molar-refractivity contribution in [1.29, 1.82) is 0 Å². The van der Waals surface area contributed by atoms with Gasteiger partial charge in [-0.05, 0) is 101 Å². The number of pyridine rings is 1. The number of rotatable bonds is 5. The van der Waals surface area contributed by atoms with Crippen molar-refractivity contribution in [3.8, 4) is 5.69 Å². The molecular weight excluding hydrogens is 524 g/mol. The normalized spacial score (nSPS) is 17.8. The number of hydrogen-bond acceptors (Lipinski definition) is 6. The summed E-state index contributed by atoms with van der Waals surface area (Å²) in [6.45, 7) is 4.60. The summed E-state index contributed by atoms with van der Waals surface area (Å²) in [5.41, 5.74) is 11.6. The summed E-state index contributed by atoms with van der Waals surface area (Å²) in [4.78, 5) is 22.6. The highest BCUT2D eigenvalue weighted by Crippen LogP contribution is 2.36. The van der Waals surface area contributed by atoms with Crippen LogP contribution in [0.1, 0.15) is 47.8 Å².